The summed E-state index contributed by atoms with van der Waals surface area (Å²) < 4.78 is 6.14. The van der Waals surface area contributed by atoms with Crippen molar-refractivity contribution in [2.75, 3.05) is 13.1 Å². The Balaban J connectivity index is 1.85. The molecule has 24 heavy (non-hydrogen) atoms. The van der Waals surface area contributed by atoms with Crippen molar-refractivity contribution in [2.45, 2.75) is 58.2 Å². The van der Waals surface area contributed by atoms with Crippen LogP contribution in [0.25, 0.3) is 0 Å². The van der Waals surface area contributed by atoms with Crippen molar-refractivity contribution in [3.8, 4) is 5.75 Å². The van der Waals surface area contributed by atoms with Crippen LogP contribution in [0.3, 0.4) is 0 Å². The van der Waals surface area contributed by atoms with Crippen LogP contribution in [0.2, 0.25) is 0 Å². The SMILES string of the molecule is CC1(NCc2ccc(O)c(Br)c2)CCN(C(=O)OC(C)(C)C)CC1. The van der Waals surface area contributed by atoms with E-state index in [1.165, 1.54) is 0 Å². The number of benzene rings is 1. The number of nitrogens with zero attached hydrogens (tertiary/aromatic N) is 1. The zero-order valence-corrected chi connectivity index (χ0v) is 16.4. The Labute approximate surface area is 152 Å². The lowest BCUT2D eigenvalue weighted by molar-refractivity contribution is 0.0156. The zero-order chi connectivity index (χ0) is 18.0. The fourth-order valence-corrected chi connectivity index (χ4v) is 3.09. The summed E-state index contributed by atoms with van der Waals surface area (Å²) in [4.78, 5) is 13.9. The molecule has 0 atom stereocenters. The van der Waals surface area contributed by atoms with Gasteiger partial charge in [-0.05, 0) is 74.2 Å². The van der Waals surface area contributed by atoms with E-state index in [-0.39, 0.29) is 17.4 Å². The Kier molecular flexibility index (Phi) is 5.81. The standard InChI is InChI=1S/C18H27BrN2O3/c1-17(2,3)24-16(23)21-9-7-18(4,8-10-21)20-12-13-5-6-15(22)14(19)11-13/h5-6,11,20,22H,7-10,12H2,1-4H3. The van der Waals surface area contributed by atoms with Crippen molar-refractivity contribution in [3.05, 3.63) is 28.2 Å². The van der Waals surface area contributed by atoms with Gasteiger partial charge >= 0.3 is 6.09 Å². The molecular formula is C18H27BrN2O3. The Morgan fingerprint density at radius 2 is 2.00 bits per heavy atom. The molecule has 134 valence electrons. The minimum Gasteiger partial charge on any atom is -0.507 e. The second-order valence-electron chi connectivity index (χ2n) is 7.67. The van der Waals surface area contributed by atoms with Crippen molar-refractivity contribution in [1.82, 2.24) is 10.2 Å². The maximum atomic E-state index is 12.1. The predicted octanol–water partition coefficient (Wildman–Crippen LogP) is 4.03. The third kappa shape index (κ3) is 5.38. The number of aromatic hydroxyl groups is 1. The van der Waals surface area contributed by atoms with Gasteiger partial charge in [-0.25, -0.2) is 4.79 Å². The second kappa shape index (κ2) is 7.31. The number of hydrogen-bond acceptors (Lipinski definition) is 4. The van der Waals surface area contributed by atoms with Crippen LogP contribution in [-0.2, 0) is 11.3 Å². The minimum absolute atomic E-state index is 0.0110. The molecule has 0 aliphatic carbocycles. The van der Waals surface area contributed by atoms with Gasteiger partial charge in [-0.1, -0.05) is 6.07 Å². The Morgan fingerprint density at radius 1 is 1.38 bits per heavy atom. The molecule has 1 aromatic carbocycles. The van der Waals surface area contributed by atoms with Crippen LogP contribution in [0.5, 0.6) is 5.75 Å². The van der Waals surface area contributed by atoms with E-state index in [9.17, 15) is 9.90 Å². The molecule has 6 heteroatoms. The van der Waals surface area contributed by atoms with Crippen molar-refractivity contribution >= 4 is 22.0 Å². The average Bonchev–Trinajstić information content (AvgIpc) is 2.47. The summed E-state index contributed by atoms with van der Waals surface area (Å²) in [5, 5.41) is 13.1. The van der Waals surface area contributed by atoms with E-state index in [1.54, 1.807) is 11.0 Å². The fourth-order valence-electron chi connectivity index (χ4n) is 2.66. The third-order valence-electron chi connectivity index (χ3n) is 4.25. The molecule has 0 spiro atoms. The van der Waals surface area contributed by atoms with Gasteiger partial charge in [0.25, 0.3) is 0 Å². The van der Waals surface area contributed by atoms with Gasteiger partial charge in [-0.3, -0.25) is 0 Å². The largest absolute Gasteiger partial charge is 0.507 e. The molecule has 1 fully saturated rings. The first-order valence-electron chi connectivity index (χ1n) is 8.28. The van der Waals surface area contributed by atoms with Gasteiger partial charge in [0.15, 0.2) is 0 Å². The van der Waals surface area contributed by atoms with Gasteiger partial charge in [0.2, 0.25) is 0 Å². The van der Waals surface area contributed by atoms with E-state index >= 15 is 0 Å². The molecule has 0 radical (unpaired) electrons. The van der Waals surface area contributed by atoms with E-state index in [0.29, 0.717) is 17.6 Å². The summed E-state index contributed by atoms with van der Waals surface area (Å²) in [7, 11) is 0. The molecule has 5 nitrogen and oxygen atoms in total. The molecule has 2 rings (SSSR count). The molecule has 0 aromatic heterocycles. The number of amides is 1. The molecule has 0 bridgehead atoms. The minimum atomic E-state index is -0.456. The highest BCUT2D eigenvalue weighted by Crippen LogP contribution is 2.26. The topological polar surface area (TPSA) is 61.8 Å². The second-order valence-corrected chi connectivity index (χ2v) is 8.52. The van der Waals surface area contributed by atoms with Crippen LogP contribution in [0, 0.1) is 0 Å². The smallest absolute Gasteiger partial charge is 0.410 e. The maximum absolute atomic E-state index is 12.1. The first-order valence-corrected chi connectivity index (χ1v) is 9.08. The molecule has 0 unspecified atom stereocenters. The monoisotopic (exact) mass is 398 g/mol. The summed E-state index contributed by atoms with van der Waals surface area (Å²) in [6.07, 6.45) is 1.53. The third-order valence-corrected chi connectivity index (χ3v) is 4.89. The van der Waals surface area contributed by atoms with Crippen molar-refractivity contribution in [2.24, 2.45) is 0 Å². The molecule has 0 saturated carbocycles. The Hall–Kier alpha value is -1.27. The Bertz CT molecular complexity index is 590. The van der Waals surface area contributed by atoms with E-state index < -0.39 is 5.60 Å². The number of piperidine rings is 1. The van der Waals surface area contributed by atoms with Crippen LogP contribution < -0.4 is 5.32 Å². The van der Waals surface area contributed by atoms with E-state index in [1.807, 2.05) is 32.9 Å². The van der Waals surface area contributed by atoms with Crippen molar-refractivity contribution < 1.29 is 14.6 Å². The average molecular weight is 399 g/mol. The first kappa shape index (κ1) is 19.1. The van der Waals surface area contributed by atoms with Gasteiger partial charge in [0.05, 0.1) is 4.47 Å². The molecule has 1 aliphatic heterocycles. The van der Waals surface area contributed by atoms with E-state index in [2.05, 4.69) is 28.2 Å². The summed E-state index contributed by atoms with van der Waals surface area (Å²) in [6, 6.07) is 5.52. The summed E-state index contributed by atoms with van der Waals surface area (Å²) in [5.74, 6) is 0.246. The van der Waals surface area contributed by atoms with Gasteiger partial charge in [-0.2, -0.15) is 0 Å². The van der Waals surface area contributed by atoms with Gasteiger partial charge in [0, 0.05) is 25.2 Å². The number of carbonyl (C=O) groups is 1. The van der Waals surface area contributed by atoms with Gasteiger partial charge in [-0.15, -0.1) is 0 Å². The van der Waals surface area contributed by atoms with Gasteiger partial charge in [0.1, 0.15) is 11.4 Å². The highest BCUT2D eigenvalue weighted by molar-refractivity contribution is 9.10. The van der Waals surface area contributed by atoms with Crippen LogP contribution in [0.1, 0.15) is 46.1 Å². The highest BCUT2D eigenvalue weighted by Gasteiger charge is 2.33. The predicted molar refractivity (Wildman–Crippen MR) is 98.1 cm³/mol. The van der Waals surface area contributed by atoms with Crippen molar-refractivity contribution in [3.63, 3.8) is 0 Å². The fraction of sp³-hybridized carbons (Fsp3) is 0.611. The number of phenols is 1. The molecule has 1 saturated heterocycles. The number of likely N-dealkylation sites (tertiary alicyclic amines) is 1. The maximum Gasteiger partial charge on any atom is 0.410 e. The number of nitrogens with one attached hydrogen (secondary N) is 1. The number of halogens is 1. The van der Waals surface area contributed by atoms with Crippen LogP contribution in [0.15, 0.2) is 22.7 Å². The molecule has 1 aliphatic rings. The van der Waals surface area contributed by atoms with E-state index in [0.717, 1.165) is 24.9 Å². The van der Waals surface area contributed by atoms with Crippen molar-refractivity contribution in [1.29, 1.82) is 0 Å². The number of hydrogen-bond donors (Lipinski definition) is 2. The lowest BCUT2D eigenvalue weighted by Gasteiger charge is -2.40. The van der Waals surface area contributed by atoms with Crippen LogP contribution >= 0.6 is 15.9 Å². The number of phenolic OH excluding ortho intramolecular Hbond substituents is 1. The van der Waals surface area contributed by atoms with Crippen LogP contribution in [0.4, 0.5) is 4.79 Å². The molecule has 1 heterocycles. The summed E-state index contributed by atoms with van der Waals surface area (Å²) in [6.45, 7) is 9.95. The molecule has 1 amide bonds. The normalized spacial score (nSPS) is 17.6. The van der Waals surface area contributed by atoms with E-state index in [4.69, 9.17) is 4.74 Å². The van der Waals surface area contributed by atoms with Gasteiger partial charge < -0.3 is 20.1 Å². The summed E-state index contributed by atoms with van der Waals surface area (Å²) in [5.41, 5.74) is 0.640. The molecule has 1 aromatic rings. The highest BCUT2D eigenvalue weighted by atomic mass is 79.9. The van der Waals surface area contributed by atoms with Crippen LogP contribution in [-0.4, -0.2) is 40.3 Å². The number of rotatable bonds is 3. The first-order chi connectivity index (χ1) is 11.1. The lowest BCUT2D eigenvalue weighted by atomic mass is 9.89. The molecular weight excluding hydrogens is 372 g/mol. The zero-order valence-electron chi connectivity index (χ0n) is 14.9. The quantitative estimate of drug-likeness (QED) is 0.806. The Morgan fingerprint density at radius 3 is 2.54 bits per heavy atom. The number of carbonyl (C=O) groups excluding carboxylic acids is 1. The lowest BCUT2D eigenvalue weighted by Crippen LogP contribution is -2.53. The number of ether oxygens (including phenoxy) is 1. The summed E-state index contributed by atoms with van der Waals surface area (Å²) >= 11 is 3.34. The molecule has 2 N–H and O–H groups in total.